The highest BCUT2D eigenvalue weighted by molar-refractivity contribution is 5.80. The Kier molecular flexibility index (Phi) is 8.19. The second kappa shape index (κ2) is 11.3. The zero-order chi connectivity index (χ0) is 22.9. The number of aliphatic imine (C=N–C) groups is 1. The number of methoxy groups -OCH3 is 1. The van der Waals surface area contributed by atoms with Crippen molar-refractivity contribution < 1.29 is 14.3 Å². The SMILES string of the molecule is CN=C(NCc1cccc(OCC(=O)N(C)C)c1)NC1CCN(c2ccccc2OC)C1. The number of carbonyl (C=O) groups is 1. The van der Waals surface area contributed by atoms with Crippen LogP contribution in [0.5, 0.6) is 11.5 Å². The maximum Gasteiger partial charge on any atom is 0.259 e. The highest BCUT2D eigenvalue weighted by Crippen LogP contribution is 2.30. The molecule has 0 radical (unpaired) electrons. The van der Waals surface area contributed by atoms with Gasteiger partial charge >= 0.3 is 0 Å². The zero-order valence-corrected chi connectivity index (χ0v) is 19.3. The summed E-state index contributed by atoms with van der Waals surface area (Å²) in [6, 6.07) is 16.1. The Balaban J connectivity index is 1.50. The number of rotatable bonds is 8. The molecule has 2 aromatic rings. The molecule has 1 atom stereocenters. The zero-order valence-electron chi connectivity index (χ0n) is 19.3. The van der Waals surface area contributed by atoms with Gasteiger partial charge in [0, 0.05) is 46.8 Å². The van der Waals surface area contributed by atoms with Crippen LogP contribution in [0.4, 0.5) is 5.69 Å². The van der Waals surface area contributed by atoms with Crippen LogP contribution in [0.3, 0.4) is 0 Å². The van der Waals surface area contributed by atoms with Crippen molar-refractivity contribution >= 4 is 17.6 Å². The standard InChI is InChI=1S/C24H33N5O3/c1-25-24(26-15-18-8-7-9-20(14-18)32-17-23(30)28(2)3)27-19-12-13-29(16-19)21-10-5-6-11-22(21)31-4/h5-11,14,19H,12-13,15-17H2,1-4H3,(H2,25,26,27). The first-order valence-electron chi connectivity index (χ1n) is 10.8. The van der Waals surface area contributed by atoms with Crippen LogP contribution in [0.1, 0.15) is 12.0 Å². The Morgan fingerprint density at radius 3 is 2.78 bits per heavy atom. The van der Waals surface area contributed by atoms with Gasteiger partial charge in [0.05, 0.1) is 12.8 Å². The average Bonchev–Trinajstić information content (AvgIpc) is 3.28. The van der Waals surface area contributed by atoms with E-state index in [0.717, 1.165) is 42.5 Å². The fraction of sp³-hybridized carbons (Fsp3) is 0.417. The minimum absolute atomic E-state index is 0.0253. The summed E-state index contributed by atoms with van der Waals surface area (Å²) in [5.74, 6) is 2.25. The van der Waals surface area contributed by atoms with Gasteiger partial charge in [-0.15, -0.1) is 0 Å². The molecule has 2 aromatic carbocycles. The second-order valence-electron chi connectivity index (χ2n) is 7.90. The number of anilines is 1. The van der Waals surface area contributed by atoms with Crippen molar-refractivity contribution in [1.29, 1.82) is 0 Å². The van der Waals surface area contributed by atoms with E-state index in [2.05, 4.69) is 26.6 Å². The summed E-state index contributed by atoms with van der Waals surface area (Å²) < 4.78 is 11.1. The molecule has 0 aromatic heterocycles. The van der Waals surface area contributed by atoms with E-state index in [1.165, 1.54) is 4.90 Å². The topological polar surface area (TPSA) is 78.4 Å². The summed E-state index contributed by atoms with van der Waals surface area (Å²) in [6.07, 6.45) is 1.02. The molecule has 3 rings (SSSR count). The minimum atomic E-state index is -0.0724. The van der Waals surface area contributed by atoms with Gasteiger partial charge in [0.25, 0.3) is 5.91 Å². The molecule has 32 heavy (non-hydrogen) atoms. The number of hydrogen-bond acceptors (Lipinski definition) is 5. The molecule has 0 spiro atoms. The predicted octanol–water partition coefficient (Wildman–Crippen LogP) is 2.11. The highest BCUT2D eigenvalue weighted by Gasteiger charge is 2.25. The lowest BCUT2D eigenvalue weighted by Crippen LogP contribution is -2.44. The Hall–Kier alpha value is -3.42. The summed E-state index contributed by atoms with van der Waals surface area (Å²) in [6.45, 7) is 2.46. The number of carbonyl (C=O) groups excluding carboxylic acids is 1. The van der Waals surface area contributed by atoms with Crippen LogP contribution >= 0.6 is 0 Å². The molecular weight excluding hydrogens is 406 g/mol. The molecule has 1 fully saturated rings. The van der Waals surface area contributed by atoms with E-state index < -0.39 is 0 Å². The first-order chi connectivity index (χ1) is 15.5. The number of ether oxygens (including phenoxy) is 2. The third kappa shape index (κ3) is 6.29. The Morgan fingerprint density at radius 1 is 1.22 bits per heavy atom. The lowest BCUT2D eigenvalue weighted by atomic mass is 10.2. The second-order valence-corrected chi connectivity index (χ2v) is 7.90. The van der Waals surface area contributed by atoms with Gasteiger partial charge < -0.3 is 29.9 Å². The van der Waals surface area contributed by atoms with E-state index in [0.29, 0.717) is 12.3 Å². The van der Waals surface area contributed by atoms with E-state index in [1.54, 1.807) is 28.3 Å². The van der Waals surface area contributed by atoms with Crippen LogP contribution in [0.2, 0.25) is 0 Å². The van der Waals surface area contributed by atoms with Gasteiger partial charge in [-0.3, -0.25) is 9.79 Å². The number of benzene rings is 2. The first-order valence-corrected chi connectivity index (χ1v) is 10.8. The third-order valence-electron chi connectivity index (χ3n) is 5.40. The number of guanidine groups is 1. The van der Waals surface area contributed by atoms with Gasteiger partial charge in [-0.1, -0.05) is 24.3 Å². The molecule has 0 aliphatic carbocycles. The van der Waals surface area contributed by atoms with Crippen LogP contribution in [-0.4, -0.2) is 70.8 Å². The van der Waals surface area contributed by atoms with Gasteiger partial charge in [0.2, 0.25) is 0 Å². The quantitative estimate of drug-likeness (QED) is 0.485. The normalized spacial score (nSPS) is 15.9. The molecule has 1 unspecified atom stereocenters. The third-order valence-corrected chi connectivity index (χ3v) is 5.40. The molecule has 0 saturated carbocycles. The molecule has 1 aliphatic heterocycles. The van der Waals surface area contributed by atoms with Crippen molar-refractivity contribution in [2.24, 2.45) is 4.99 Å². The molecule has 0 bridgehead atoms. The largest absolute Gasteiger partial charge is 0.495 e. The maximum atomic E-state index is 11.7. The fourth-order valence-corrected chi connectivity index (χ4v) is 3.58. The number of nitrogens with one attached hydrogen (secondary N) is 2. The predicted molar refractivity (Wildman–Crippen MR) is 128 cm³/mol. The molecule has 1 saturated heterocycles. The smallest absolute Gasteiger partial charge is 0.259 e. The van der Waals surface area contributed by atoms with Gasteiger partial charge in [-0.05, 0) is 36.2 Å². The fourth-order valence-electron chi connectivity index (χ4n) is 3.58. The van der Waals surface area contributed by atoms with Crippen LogP contribution in [0, 0.1) is 0 Å². The summed E-state index contributed by atoms with van der Waals surface area (Å²) in [4.78, 5) is 19.9. The van der Waals surface area contributed by atoms with Crippen LogP contribution in [0.15, 0.2) is 53.5 Å². The van der Waals surface area contributed by atoms with E-state index in [1.807, 2.05) is 42.5 Å². The molecule has 1 aliphatic rings. The minimum Gasteiger partial charge on any atom is -0.495 e. The summed E-state index contributed by atoms with van der Waals surface area (Å²) in [5, 5.41) is 6.88. The number of likely N-dealkylation sites (N-methyl/N-ethyl adjacent to an activating group) is 1. The maximum absolute atomic E-state index is 11.7. The van der Waals surface area contributed by atoms with Crippen LogP contribution in [0.25, 0.3) is 0 Å². The number of amides is 1. The van der Waals surface area contributed by atoms with Crippen LogP contribution < -0.4 is 25.0 Å². The molecule has 172 valence electrons. The summed E-state index contributed by atoms with van der Waals surface area (Å²) >= 11 is 0. The summed E-state index contributed by atoms with van der Waals surface area (Å²) in [5.41, 5.74) is 2.16. The van der Waals surface area contributed by atoms with Gasteiger partial charge in [0.15, 0.2) is 12.6 Å². The van der Waals surface area contributed by atoms with Crippen molar-refractivity contribution in [3.05, 3.63) is 54.1 Å². The van der Waals surface area contributed by atoms with Gasteiger partial charge in [0.1, 0.15) is 11.5 Å². The molecule has 1 amide bonds. The highest BCUT2D eigenvalue weighted by atomic mass is 16.5. The summed E-state index contributed by atoms with van der Waals surface area (Å²) in [7, 11) is 6.90. The Labute approximate surface area is 190 Å². The van der Waals surface area contributed by atoms with E-state index in [4.69, 9.17) is 9.47 Å². The average molecular weight is 440 g/mol. The first kappa shape index (κ1) is 23.2. The molecule has 1 heterocycles. The Morgan fingerprint density at radius 2 is 2.03 bits per heavy atom. The molecule has 8 nitrogen and oxygen atoms in total. The van der Waals surface area contributed by atoms with Crippen molar-refractivity contribution in [1.82, 2.24) is 15.5 Å². The molecule has 8 heteroatoms. The van der Waals surface area contributed by atoms with Crippen molar-refractivity contribution in [2.45, 2.75) is 19.0 Å². The molecular formula is C24H33N5O3. The number of para-hydroxylation sites is 2. The van der Waals surface area contributed by atoms with Crippen molar-refractivity contribution in [3.8, 4) is 11.5 Å². The van der Waals surface area contributed by atoms with Crippen LogP contribution in [-0.2, 0) is 11.3 Å². The lowest BCUT2D eigenvalue weighted by molar-refractivity contribution is -0.130. The van der Waals surface area contributed by atoms with Gasteiger partial charge in [-0.2, -0.15) is 0 Å². The van der Waals surface area contributed by atoms with Crippen molar-refractivity contribution in [2.75, 3.05) is 52.8 Å². The van der Waals surface area contributed by atoms with Gasteiger partial charge in [-0.25, -0.2) is 0 Å². The van der Waals surface area contributed by atoms with E-state index in [9.17, 15) is 4.79 Å². The van der Waals surface area contributed by atoms with E-state index >= 15 is 0 Å². The lowest BCUT2D eigenvalue weighted by Gasteiger charge is -2.22. The Bertz CT molecular complexity index is 931. The molecule has 2 N–H and O–H groups in total. The van der Waals surface area contributed by atoms with Crippen molar-refractivity contribution in [3.63, 3.8) is 0 Å². The van der Waals surface area contributed by atoms with E-state index in [-0.39, 0.29) is 18.6 Å². The number of nitrogens with zero attached hydrogens (tertiary/aromatic N) is 3. The number of hydrogen-bond donors (Lipinski definition) is 2. The monoisotopic (exact) mass is 439 g/mol.